The van der Waals surface area contributed by atoms with E-state index in [0.29, 0.717) is 0 Å². The highest BCUT2D eigenvalue weighted by molar-refractivity contribution is 5.84. The Balaban J connectivity index is 2.76. The van der Waals surface area contributed by atoms with Crippen LogP contribution in [0.25, 0.3) is 0 Å². The van der Waals surface area contributed by atoms with Crippen LogP contribution in [0.1, 0.15) is 28.7 Å². The third-order valence-electron chi connectivity index (χ3n) is 2.73. The molecule has 0 atom stereocenters. The number of hydrazone groups is 1. The SMILES string of the molecule is Cc1ccc(/C=N/NC(=O)CC#N)c(C)c1C. The minimum Gasteiger partial charge on any atom is -0.272 e. The molecule has 0 spiro atoms. The quantitative estimate of drug-likeness (QED) is 0.636. The fourth-order valence-electron chi connectivity index (χ4n) is 1.40. The monoisotopic (exact) mass is 229 g/mol. The lowest BCUT2D eigenvalue weighted by atomic mass is 10.00. The Hall–Kier alpha value is -2.15. The van der Waals surface area contributed by atoms with Gasteiger partial charge >= 0.3 is 0 Å². The molecule has 88 valence electrons. The molecule has 0 aliphatic carbocycles. The molecule has 4 nitrogen and oxygen atoms in total. The van der Waals surface area contributed by atoms with Crippen LogP contribution in [-0.2, 0) is 4.79 Å². The maximum atomic E-state index is 11.0. The van der Waals surface area contributed by atoms with Crippen molar-refractivity contribution >= 4 is 12.1 Å². The Kier molecular flexibility index (Phi) is 4.41. The van der Waals surface area contributed by atoms with Gasteiger partial charge in [0.1, 0.15) is 6.42 Å². The fourth-order valence-corrected chi connectivity index (χ4v) is 1.40. The Morgan fingerprint density at radius 3 is 2.76 bits per heavy atom. The first-order valence-corrected chi connectivity index (χ1v) is 5.32. The zero-order valence-electron chi connectivity index (χ0n) is 10.2. The number of aryl methyl sites for hydroxylation is 1. The Labute approximate surface area is 101 Å². The van der Waals surface area contributed by atoms with Crippen LogP contribution in [0.5, 0.6) is 0 Å². The van der Waals surface area contributed by atoms with Gasteiger partial charge in [-0.3, -0.25) is 4.79 Å². The molecule has 0 aliphatic rings. The van der Waals surface area contributed by atoms with E-state index in [1.54, 1.807) is 12.3 Å². The molecule has 0 aliphatic heterocycles. The summed E-state index contributed by atoms with van der Waals surface area (Å²) < 4.78 is 0. The summed E-state index contributed by atoms with van der Waals surface area (Å²) in [4.78, 5) is 11.0. The van der Waals surface area contributed by atoms with E-state index in [0.717, 1.165) is 11.1 Å². The molecule has 17 heavy (non-hydrogen) atoms. The number of carbonyl (C=O) groups is 1. The van der Waals surface area contributed by atoms with E-state index in [1.807, 2.05) is 19.1 Å². The molecular formula is C13H15N3O. The molecule has 0 radical (unpaired) electrons. The van der Waals surface area contributed by atoms with Crippen molar-refractivity contribution in [3.05, 3.63) is 34.4 Å². The van der Waals surface area contributed by atoms with Crippen LogP contribution >= 0.6 is 0 Å². The standard InChI is InChI=1S/C13H15N3O/c1-9-4-5-12(11(3)10(9)2)8-15-16-13(17)6-7-14/h4-5,8H,6H2,1-3H3,(H,16,17)/b15-8+. The van der Waals surface area contributed by atoms with Gasteiger partial charge in [-0.25, -0.2) is 5.43 Å². The molecule has 0 heterocycles. The number of nitrogens with one attached hydrogen (secondary N) is 1. The number of nitriles is 1. The lowest BCUT2D eigenvalue weighted by Crippen LogP contribution is -2.16. The zero-order valence-corrected chi connectivity index (χ0v) is 10.2. The number of nitrogens with zero attached hydrogens (tertiary/aromatic N) is 2. The van der Waals surface area contributed by atoms with Crippen LogP contribution in [0.2, 0.25) is 0 Å². The normalized spacial score (nSPS) is 10.2. The van der Waals surface area contributed by atoms with Crippen molar-refractivity contribution in [1.82, 2.24) is 5.43 Å². The minimum atomic E-state index is -0.398. The van der Waals surface area contributed by atoms with E-state index in [2.05, 4.69) is 24.4 Å². The number of benzene rings is 1. The van der Waals surface area contributed by atoms with Crippen LogP contribution in [-0.4, -0.2) is 12.1 Å². The van der Waals surface area contributed by atoms with Crippen molar-refractivity contribution in [2.45, 2.75) is 27.2 Å². The van der Waals surface area contributed by atoms with Gasteiger partial charge in [0.05, 0.1) is 12.3 Å². The van der Waals surface area contributed by atoms with E-state index >= 15 is 0 Å². The maximum absolute atomic E-state index is 11.0. The van der Waals surface area contributed by atoms with Gasteiger partial charge < -0.3 is 0 Å². The van der Waals surface area contributed by atoms with Crippen molar-refractivity contribution in [2.75, 3.05) is 0 Å². The summed E-state index contributed by atoms with van der Waals surface area (Å²) >= 11 is 0. The summed E-state index contributed by atoms with van der Waals surface area (Å²) in [6.45, 7) is 6.12. The molecule has 1 aromatic rings. The van der Waals surface area contributed by atoms with E-state index in [9.17, 15) is 4.79 Å². The van der Waals surface area contributed by atoms with Crippen LogP contribution in [0.4, 0.5) is 0 Å². The van der Waals surface area contributed by atoms with Gasteiger partial charge in [-0.05, 0) is 43.0 Å². The summed E-state index contributed by atoms with van der Waals surface area (Å²) in [6, 6.07) is 5.73. The van der Waals surface area contributed by atoms with Crippen molar-refractivity contribution in [3.8, 4) is 6.07 Å². The van der Waals surface area contributed by atoms with Gasteiger partial charge in [0.15, 0.2) is 0 Å². The average molecular weight is 229 g/mol. The third-order valence-corrected chi connectivity index (χ3v) is 2.73. The molecule has 0 saturated carbocycles. The second-order valence-electron chi connectivity index (χ2n) is 3.85. The molecule has 1 aromatic carbocycles. The van der Waals surface area contributed by atoms with Gasteiger partial charge in [-0.15, -0.1) is 0 Å². The van der Waals surface area contributed by atoms with Crippen LogP contribution in [0.3, 0.4) is 0 Å². The maximum Gasteiger partial charge on any atom is 0.254 e. The highest BCUT2D eigenvalue weighted by atomic mass is 16.2. The van der Waals surface area contributed by atoms with Crippen LogP contribution < -0.4 is 5.43 Å². The molecule has 0 fully saturated rings. The van der Waals surface area contributed by atoms with E-state index in [-0.39, 0.29) is 6.42 Å². The Bertz CT molecular complexity index is 498. The fraction of sp³-hybridized carbons (Fsp3) is 0.308. The van der Waals surface area contributed by atoms with Gasteiger partial charge in [0, 0.05) is 0 Å². The van der Waals surface area contributed by atoms with Crippen LogP contribution in [0, 0.1) is 32.1 Å². The molecule has 4 heteroatoms. The average Bonchev–Trinajstić information content (AvgIpc) is 2.29. The molecule has 1 amide bonds. The molecule has 0 saturated heterocycles. The zero-order chi connectivity index (χ0) is 12.8. The second kappa shape index (κ2) is 5.80. The van der Waals surface area contributed by atoms with Gasteiger partial charge in [-0.1, -0.05) is 12.1 Å². The smallest absolute Gasteiger partial charge is 0.254 e. The number of hydrogen-bond donors (Lipinski definition) is 1. The first-order chi connectivity index (χ1) is 8.06. The first kappa shape index (κ1) is 12.9. The molecule has 0 unspecified atom stereocenters. The predicted molar refractivity (Wildman–Crippen MR) is 66.6 cm³/mol. The van der Waals surface area contributed by atoms with Crippen molar-refractivity contribution in [3.63, 3.8) is 0 Å². The van der Waals surface area contributed by atoms with Crippen molar-refractivity contribution in [2.24, 2.45) is 5.10 Å². The predicted octanol–water partition coefficient (Wildman–Crippen LogP) is 1.98. The minimum absolute atomic E-state index is 0.177. The molecule has 0 aromatic heterocycles. The summed E-state index contributed by atoms with van der Waals surface area (Å²) in [7, 11) is 0. The number of hydrogen-bond acceptors (Lipinski definition) is 3. The molecule has 0 bridgehead atoms. The molecule has 1 N–H and O–H groups in total. The van der Waals surface area contributed by atoms with Gasteiger partial charge in [-0.2, -0.15) is 10.4 Å². The van der Waals surface area contributed by atoms with Crippen molar-refractivity contribution in [1.29, 1.82) is 5.26 Å². The number of amides is 1. The second-order valence-corrected chi connectivity index (χ2v) is 3.85. The van der Waals surface area contributed by atoms with E-state index < -0.39 is 5.91 Å². The molecular weight excluding hydrogens is 214 g/mol. The summed E-state index contributed by atoms with van der Waals surface area (Å²) in [5.41, 5.74) is 6.86. The van der Waals surface area contributed by atoms with Gasteiger partial charge in [0.2, 0.25) is 0 Å². The number of rotatable bonds is 3. The highest BCUT2D eigenvalue weighted by Crippen LogP contribution is 2.15. The lowest BCUT2D eigenvalue weighted by molar-refractivity contribution is -0.120. The number of carbonyl (C=O) groups excluding carboxylic acids is 1. The third kappa shape index (κ3) is 3.42. The topological polar surface area (TPSA) is 65.2 Å². The lowest BCUT2D eigenvalue weighted by Gasteiger charge is -2.07. The Morgan fingerprint density at radius 1 is 1.41 bits per heavy atom. The van der Waals surface area contributed by atoms with Gasteiger partial charge in [0.25, 0.3) is 5.91 Å². The summed E-state index contributed by atoms with van der Waals surface area (Å²) in [5.74, 6) is -0.398. The van der Waals surface area contributed by atoms with Crippen LogP contribution in [0.15, 0.2) is 17.2 Å². The first-order valence-electron chi connectivity index (χ1n) is 5.32. The Morgan fingerprint density at radius 2 is 2.12 bits per heavy atom. The summed E-state index contributed by atoms with van der Waals surface area (Å²) in [6.07, 6.45) is 1.42. The van der Waals surface area contributed by atoms with E-state index in [4.69, 9.17) is 5.26 Å². The largest absolute Gasteiger partial charge is 0.272 e. The van der Waals surface area contributed by atoms with Crippen molar-refractivity contribution < 1.29 is 4.79 Å². The highest BCUT2D eigenvalue weighted by Gasteiger charge is 2.01. The van der Waals surface area contributed by atoms with E-state index in [1.165, 1.54) is 11.1 Å². The summed E-state index contributed by atoms with van der Waals surface area (Å²) in [5, 5.41) is 12.1. The molecule has 1 rings (SSSR count).